The minimum Gasteiger partial charge on any atom is -0.383 e. The maximum atomic E-state index is 14.4. The Labute approximate surface area is 198 Å². The van der Waals surface area contributed by atoms with Crippen molar-refractivity contribution in [1.82, 2.24) is 14.8 Å². The Kier molecular flexibility index (Phi) is 4.32. The van der Waals surface area contributed by atoms with E-state index >= 15 is 0 Å². The van der Waals surface area contributed by atoms with Gasteiger partial charge >= 0.3 is 0 Å². The number of aromatic nitrogens is 3. The van der Waals surface area contributed by atoms with Gasteiger partial charge in [0.1, 0.15) is 16.6 Å². The Morgan fingerprint density at radius 3 is 2.65 bits per heavy atom. The van der Waals surface area contributed by atoms with Gasteiger partial charge in [-0.25, -0.2) is 8.78 Å². The van der Waals surface area contributed by atoms with Crippen LogP contribution in [0, 0.1) is 46.8 Å². The third-order valence-electron chi connectivity index (χ3n) is 11.1. The van der Waals surface area contributed by atoms with Crippen molar-refractivity contribution >= 4 is 16.8 Å². The highest BCUT2D eigenvalue weighted by atomic mass is 19.3. The molecule has 1 unspecified atom stereocenters. The highest BCUT2D eigenvalue weighted by molar-refractivity contribution is 5.82. The first-order valence-corrected chi connectivity index (χ1v) is 13.1. The average Bonchev–Trinajstić information content (AvgIpc) is 3.14. The van der Waals surface area contributed by atoms with Gasteiger partial charge in [0.15, 0.2) is 5.78 Å². The Balaban J connectivity index is 1.09. The van der Waals surface area contributed by atoms with Crippen LogP contribution in [0.4, 0.5) is 8.78 Å². The number of hydrogen-bond donors (Lipinski definition) is 1. The Morgan fingerprint density at radius 2 is 1.82 bits per heavy atom. The molecule has 2 heterocycles. The molecular formula is C27H33F2N3O2. The van der Waals surface area contributed by atoms with Crippen LogP contribution in [0.5, 0.6) is 0 Å². The van der Waals surface area contributed by atoms with Gasteiger partial charge in [0, 0.05) is 12.1 Å². The maximum absolute atomic E-state index is 14.4. The molecule has 5 saturated carbocycles. The van der Waals surface area contributed by atoms with E-state index in [1.807, 2.05) is 18.3 Å². The van der Waals surface area contributed by atoms with Gasteiger partial charge in [-0.05, 0) is 98.5 Å². The van der Waals surface area contributed by atoms with Gasteiger partial charge in [0.2, 0.25) is 0 Å². The number of nitrogens with zero attached hydrogens (tertiary/aromatic N) is 3. The molecule has 7 heteroatoms. The smallest absolute Gasteiger partial charge is 0.282 e. The molecule has 2 aromatic heterocycles. The van der Waals surface area contributed by atoms with E-state index in [0.717, 1.165) is 56.0 Å². The molecule has 7 rings (SSSR count). The molecule has 182 valence electrons. The van der Waals surface area contributed by atoms with E-state index < -0.39 is 17.4 Å². The summed E-state index contributed by atoms with van der Waals surface area (Å²) < 4.78 is 30.6. The SMILES string of the molecule is C[C@]12CC[C@@H]3[C@H]4CC[C@@]5(O)C([C@H]4CC[C@H]3[C@@H]1CC[C@@H]2C(=O)Cn1cc2ncccc2n1)C5(F)F. The van der Waals surface area contributed by atoms with Crippen LogP contribution < -0.4 is 0 Å². The van der Waals surface area contributed by atoms with E-state index in [4.69, 9.17) is 0 Å². The summed E-state index contributed by atoms with van der Waals surface area (Å²) in [7, 11) is 0. The molecule has 0 amide bonds. The van der Waals surface area contributed by atoms with Crippen molar-refractivity contribution in [1.29, 1.82) is 0 Å². The van der Waals surface area contributed by atoms with Crippen molar-refractivity contribution < 1.29 is 18.7 Å². The van der Waals surface area contributed by atoms with Crippen LogP contribution in [0.15, 0.2) is 24.5 Å². The molecule has 5 aliphatic rings. The number of ketones is 1. The third kappa shape index (κ3) is 2.65. The lowest BCUT2D eigenvalue weighted by Gasteiger charge is -2.55. The summed E-state index contributed by atoms with van der Waals surface area (Å²) in [5.74, 6) is -1.58. The molecule has 5 nitrogen and oxygen atoms in total. The van der Waals surface area contributed by atoms with Gasteiger partial charge in [0.05, 0.1) is 18.7 Å². The molecule has 0 bridgehead atoms. The summed E-state index contributed by atoms with van der Waals surface area (Å²) in [6.07, 6.45) is 10.4. The number of fused-ring (bicyclic) bond motifs is 8. The normalized spacial score (nSPS) is 46.3. The van der Waals surface area contributed by atoms with Gasteiger partial charge in [-0.2, -0.15) is 5.10 Å². The second-order valence-electron chi connectivity index (χ2n) is 12.3. The van der Waals surface area contributed by atoms with E-state index in [1.165, 1.54) is 0 Å². The van der Waals surface area contributed by atoms with Crippen LogP contribution in [0.3, 0.4) is 0 Å². The molecule has 9 atom stereocenters. The topological polar surface area (TPSA) is 68.0 Å². The molecule has 5 fully saturated rings. The van der Waals surface area contributed by atoms with Crippen LogP contribution in [0.25, 0.3) is 11.0 Å². The van der Waals surface area contributed by atoms with Gasteiger partial charge in [-0.1, -0.05) is 6.92 Å². The molecule has 0 saturated heterocycles. The summed E-state index contributed by atoms with van der Waals surface area (Å²) in [4.78, 5) is 17.8. The van der Waals surface area contributed by atoms with Crippen molar-refractivity contribution in [2.75, 3.05) is 0 Å². The number of Topliss-reactive ketones (excluding diaryl/α,β-unsaturated/α-hetero) is 1. The number of rotatable bonds is 3. The molecule has 0 spiro atoms. The summed E-state index contributed by atoms with van der Waals surface area (Å²) in [5.41, 5.74) is -0.108. The molecule has 0 radical (unpaired) electrons. The number of aliphatic hydroxyl groups is 1. The van der Waals surface area contributed by atoms with E-state index in [2.05, 4.69) is 17.0 Å². The minimum atomic E-state index is -2.89. The fourth-order valence-corrected chi connectivity index (χ4v) is 9.61. The quantitative estimate of drug-likeness (QED) is 0.696. The van der Waals surface area contributed by atoms with Crippen LogP contribution in [-0.4, -0.2) is 37.2 Å². The summed E-state index contributed by atoms with van der Waals surface area (Å²) >= 11 is 0. The zero-order valence-corrected chi connectivity index (χ0v) is 19.7. The number of halogens is 2. The van der Waals surface area contributed by atoms with Crippen LogP contribution in [-0.2, 0) is 11.3 Å². The first-order valence-electron chi connectivity index (χ1n) is 13.1. The van der Waals surface area contributed by atoms with E-state index in [-0.39, 0.29) is 36.0 Å². The number of pyridine rings is 1. The van der Waals surface area contributed by atoms with Crippen molar-refractivity contribution in [3.05, 3.63) is 24.5 Å². The van der Waals surface area contributed by atoms with E-state index in [9.17, 15) is 18.7 Å². The largest absolute Gasteiger partial charge is 0.383 e. The lowest BCUT2D eigenvalue weighted by atomic mass is 9.49. The second-order valence-corrected chi connectivity index (χ2v) is 12.3. The number of alkyl halides is 2. The Morgan fingerprint density at radius 1 is 1.06 bits per heavy atom. The van der Waals surface area contributed by atoms with Gasteiger partial charge < -0.3 is 5.11 Å². The summed E-state index contributed by atoms with van der Waals surface area (Å²) in [5, 5.41) is 15.0. The molecular weight excluding hydrogens is 436 g/mol. The van der Waals surface area contributed by atoms with Gasteiger partial charge in [-0.15, -0.1) is 0 Å². The lowest BCUT2D eigenvalue weighted by molar-refractivity contribution is -0.131. The Bertz CT molecular complexity index is 1130. The first kappa shape index (κ1) is 21.4. The zero-order valence-electron chi connectivity index (χ0n) is 19.7. The lowest BCUT2D eigenvalue weighted by Crippen LogP contribution is -2.50. The standard InChI is InChI=1S/C27H33F2N3O2/c1-25-10-8-15-16-9-11-26(34)24(27(26,28)29)18(16)5-4-17(15)19(25)6-7-20(25)23(33)14-32-13-22-21(31-32)3-2-12-30-22/h2-3,12-13,15-20,24,34H,4-11,14H2,1H3/t15-,16-,17-,18+,19+,20-,24?,25+,26-/m1/s1. The molecule has 2 aromatic rings. The van der Waals surface area contributed by atoms with E-state index in [1.54, 1.807) is 10.9 Å². The third-order valence-corrected chi connectivity index (χ3v) is 11.1. The average molecular weight is 470 g/mol. The molecule has 0 aliphatic heterocycles. The number of carbonyl (C=O) groups excluding carboxylic acids is 1. The van der Waals surface area contributed by atoms with Crippen LogP contribution >= 0.6 is 0 Å². The molecule has 5 aliphatic carbocycles. The predicted molar refractivity (Wildman–Crippen MR) is 122 cm³/mol. The molecule has 0 aromatic carbocycles. The van der Waals surface area contributed by atoms with Crippen molar-refractivity contribution in [3.8, 4) is 0 Å². The van der Waals surface area contributed by atoms with Gasteiger partial charge in [0.25, 0.3) is 5.92 Å². The first-order chi connectivity index (χ1) is 16.2. The fraction of sp³-hybridized carbons (Fsp3) is 0.741. The Hall–Kier alpha value is -1.89. The maximum Gasteiger partial charge on any atom is 0.282 e. The predicted octanol–water partition coefficient (Wildman–Crippen LogP) is 4.88. The monoisotopic (exact) mass is 469 g/mol. The molecule has 34 heavy (non-hydrogen) atoms. The highest BCUT2D eigenvalue weighted by Gasteiger charge is 2.84. The zero-order chi connectivity index (χ0) is 23.5. The summed E-state index contributed by atoms with van der Waals surface area (Å²) in [6.45, 7) is 2.61. The number of carbonyl (C=O) groups is 1. The van der Waals surface area contributed by atoms with Crippen molar-refractivity contribution in [3.63, 3.8) is 0 Å². The van der Waals surface area contributed by atoms with E-state index in [0.29, 0.717) is 23.7 Å². The van der Waals surface area contributed by atoms with Crippen LogP contribution in [0.2, 0.25) is 0 Å². The molecule has 1 N–H and O–H groups in total. The number of hydrogen-bond acceptors (Lipinski definition) is 4. The highest BCUT2D eigenvalue weighted by Crippen LogP contribution is 2.73. The van der Waals surface area contributed by atoms with Crippen LogP contribution in [0.1, 0.15) is 58.3 Å². The minimum absolute atomic E-state index is 0.00513. The second kappa shape index (κ2) is 6.86. The fourth-order valence-electron chi connectivity index (χ4n) is 9.61. The summed E-state index contributed by atoms with van der Waals surface area (Å²) in [6, 6.07) is 3.77. The van der Waals surface area contributed by atoms with Crippen molar-refractivity contribution in [2.24, 2.45) is 46.8 Å². The van der Waals surface area contributed by atoms with Crippen molar-refractivity contribution in [2.45, 2.75) is 76.4 Å². The van der Waals surface area contributed by atoms with Gasteiger partial charge in [-0.3, -0.25) is 14.5 Å².